The van der Waals surface area contributed by atoms with Crippen LogP contribution in [0.4, 0.5) is 14.5 Å². The number of ether oxygens (including phenoxy) is 2. The first-order valence-corrected chi connectivity index (χ1v) is 8.55. The summed E-state index contributed by atoms with van der Waals surface area (Å²) in [6.45, 7) is -3.46. The number of esters is 1. The number of anilines is 1. The lowest BCUT2D eigenvalue weighted by atomic mass is 9.96. The van der Waals surface area contributed by atoms with Gasteiger partial charge in [0.15, 0.2) is 6.61 Å². The third-order valence-corrected chi connectivity index (χ3v) is 4.53. The zero-order valence-electron chi connectivity index (χ0n) is 14.1. The van der Waals surface area contributed by atoms with Crippen molar-refractivity contribution in [2.75, 3.05) is 11.9 Å². The standard InChI is InChI=1S/C19H16ClF2NO4/c20-14-10-13(6-7-15(14)27-18(21)22)23-16(24)11-26-17(25)19(8-9-19)12-4-2-1-3-5-12/h1-7,10,18H,8-9,11H2,(H,23,24). The molecule has 0 heterocycles. The second-order valence-electron chi connectivity index (χ2n) is 6.10. The van der Waals surface area contributed by atoms with E-state index in [1.807, 2.05) is 30.3 Å². The molecule has 8 heteroatoms. The first kappa shape index (κ1) is 19.1. The molecule has 5 nitrogen and oxygen atoms in total. The number of carbonyl (C=O) groups is 2. The van der Waals surface area contributed by atoms with E-state index in [9.17, 15) is 18.4 Å². The third-order valence-electron chi connectivity index (χ3n) is 4.23. The van der Waals surface area contributed by atoms with E-state index < -0.39 is 30.5 Å². The van der Waals surface area contributed by atoms with Gasteiger partial charge in [0.05, 0.1) is 10.4 Å². The fraction of sp³-hybridized carbons (Fsp3) is 0.263. The Hall–Kier alpha value is -2.67. The van der Waals surface area contributed by atoms with Gasteiger partial charge >= 0.3 is 12.6 Å². The lowest BCUT2D eigenvalue weighted by Gasteiger charge is -2.15. The van der Waals surface area contributed by atoms with Crippen molar-refractivity contribution in [3.8, 4) is 5.75 Å². The summed E-state index contributed by atoms with van der Waals surface area (Å²) in [7, 11) is 0. The highest BCUT2D eigenvalue weighted by atomic mass is 35.5. The van der Waals surface area contributed by atoms with Crippen LogP contribution >= 0.6 is 11.6 Å². The molecular formula is C19H16ClF2NO4. The number of benzene rings is 2. The quantitative estimate of drug-likeness (QED) is 0.715. The summed E-state index contributed by atoms with van der Waals surface area (Å²) in [4.78, 5) is 24.4. The lowest BCUT2D eigenvalue weighted by molar-refractivity contribution is -0.150. The Morgan fingerprint density at radius 2 is 1.85 bits per heavy atom. The predicted molar refractivity (Wildman–Crippen MR) is 95.0 cm³/mol. The van der Waals surface area contributed by atoms with Crippen LogP contribution in [-0.2, 0) is 19.7 Å². The number of amides is 1. The minimum atomic E-state index is -3.00. The second-order valence-corrected chi connectivity index (χ2v) is 6.50. The van der Waals surface area contributed by atoms with E-state index in [0.29, 0.717) is 12.8 Å². The Morgan fingerprint density at radius 3 is 2.44 bits per heavy atom. The number of carbonyl (C=O) groups excluding carboxylic acids is 2. The van der Waals surface area contributed by atoms with Crippen LogP contribution in [0.3, 0.4) is 0 Å². The molecule has 0 bridgehead atoms. The topological polar surface area (TPSA) is 64.6 Å². The molecule has 1 saturated carbocycles. The highest BCUT2D eigenvalue weighted by molar-refractivity contribution is 6.32. The molecule has 0 atom stereocenters. The van der Waals surface area contributed by atoms with Gasteiger partial charge in [0, 0.05) is 5.69 Å². The van der Waals surface area contributed by atoms with Crippen molar-refractivity contribution in [1.29, 1.82) is 0 Å². The number of alkyl halides is 2. The number of halogens is 3. The van der Waals surface area contributed by atoms with Crippen LogP contribution < -0.4 is 10.1 Å². The summed E-state index contributed by atoms with van der Waals surface area (Å²) in [6, 6.07) is 13.1. The first-order valence-electron chi connectivity index (χ1n) is 8.18. The maximum absolute atomic E-state index is 12.4. The van der Waals surface area contributed by atoms with Gasteiger partial charge in [-0.15, -0.1) is 0 Å². The molecule has 1 amide bonds. The smallest absolute Gasteiger partial charge is 0.387 e. The largest absolute Gasteiger partial charge is 0.455 e. The van der Waals surface area contributed by atoms with Gasteiger partial charge in [0.1, 0.15) is 5.75 Å². The number of rotatable bonds is 7. The Morgan fingerprint density at radius 1 is 1.15 bits per heavy atom. The molecule has 3 rings (SSSR count). The molecule has 1 aliphatic rings. The molecule has 0 spiro atoms. The van der Waals surface area contributed by atoms with Crippen molar-refractivity contribution < 1.29 is 27.8 Å². The number of hydrogen-bond donors (Lipinski definition) is 1. The lowest BCUT2D eigenvalue weighted by Crippen LogP contribution is -2.28. The van der Waals surface area contributed by atoms with Gasteiger partial charge in [-0.05, 0) is 36.6 Å². The highest BCUT2D eigenvalue weighted by Gasteiger charge is 2.52. The van der Waals surface area contributed by atoms with Crippen molar-refractivity contribution in [2.24, 2.45) is 0 Å². The van der Waals surface area contributed by atoms with Gasteiger partial charge in [-0.1, -0.05) is 41.9 Å². The minimum absolute atomic E-state index is 0.0777. The van der Waals surface area contributed by atoms with E-state index in [1.54, 1.807) is 0 Å². The van der Waals surface area contributed by atoms with Crippen LogP contribution in [0.5, 0.6) is 5.75 Å². The average Bonchev–Trinajstić information content (AvgIpc) is 3.44. The fourth-order valence-electron chi connectivity index (χ4n) is 2.73. The average molecular weight is 396 g/mol. The molecule has 2 aromatic rings. The number of nitrogens with one attached hydrogen (secondary N) is 1. The molecule has 0 unspecified atom stereocenters. The first-order chi connectivity index (χ1) is 12.9. The van der Waals surface area contributed by atoms with E-state index in [1.165, 1.54) is 18.2 Å². The molecule has 1 aliphatic carbocycles. The van der Waals surface area contributed by atoms with Crippen LogP contribution in [-0.4, -0.2) is 25.1 Å². The maximum atomic E-state index is 12.4. The van der Waals surface area contributed by atoms with Crippen molar-refractivity contribution in [1.82, 2.24) is 0 Å². The Bertz CT molecular complexity index is 841. The molecule has 0 aliphatic heterocycles. The number of hydrogen-bond acceptors (Lipinski definition) is 4. The van der Waals surface area contributed by atoms with Gasteiger partial charge in [-0.25, -0.2) is 0 Å². The van der Waals surface area contributed by atoms with Gasteiger partial charge in [0.25, 0.3) is 5.91 Å². The molecule has 27 heavy (non-hydrogen) atoms. The fourth-order valence-corrected chi connectivity index (χ4v) is 2.95. The van der Waals surface area contributed by atoms with E-state index in [0.717, 1.165) is 5.56 Å². The zero-order valence-corrected chi connectivity index (χ0v) is 14.8. The van der Waals surface area contributed by atoms with Gasteiger partial charge in [-0.2, -0.15) is 8.78 Å². The summed E-state index contributed by atoms with van der Waals surface area (Å²) in [5.41, 5.74) is 0.475. The highest BCUT2D eigenvalue weighted by Crippen LogP contribution is 2.49. The summed E-state index contributed by atoms with van der Waals surface area (Å²) in [5, 5.41) is 2.41. The van der Waals surface area contributed by atoms with E-state index >= 15 is 0 Å². The molecule has 2 aromatic carbocycles. The van der Waals surface area contributed by atoms with Crippen LogP contribution in [0.15, 0.2) is 48.5 Å². The molecule has 1 N–H and O–H groups in total. The van der Waals surface area contributed by atoms with E-state index in [2.05, 4.69) is 10.1 Å². The molecule has 0 aromatic heterocycles. The summed E-state index contributed by atoms with van der Waals surface area (Å²) in [5.74, 6) is -1.21. The molecule has 0 saturated heterocycles. The van der Waals surface area contributed by atoms with Crippen LogP contribution in [0, 0.1) is 0 Å². The van der Waals surface area contributed by atoms with Crippen LogP contribution in [0.1, 0.15) is 18.4 Å². The summed E-state index contributed by atoms with van der Waals surface area (Å²) < 4.78 is 33.8. The van der Waals surface area contributed by atoms with Crippen LogP contribution in [0.25, 0.3) is 0 Å². The van der Waals surface area contributed by atoms with Crippen LogP contribution in [0.2, 0.25) is 5.02 Å². The maximum Gasteiger partial charge on any atom is 0.387 e. The minimum Gasteiger partial charge on any atom is -0.455 e. The molecular weight excluding hydrogens is 380 g/mol. The zero-order chi connectivity index (χ0) is 19.4. The molecule has 1 fully saturated rings. The van der Waals surface area contributed by atoms with Gasteiger partial charge in [-0.3, -0.25) is 9.59 Å². The van der Waals surface area contributed by atoms with Gasteiger partial charge in [0.2, 0.25) is 0 Å². The molecule has 142 valence electrons. The normalized spacial score (nSPS) is 14.5. The van der Waals surface area contributed by atoms with E-state index in [4.69, 9.17) is 16.3 Å². The Labute approximate surface area is 159 Å². The van der Waals surface area contributed by atoms with Crippen molar-refractivity contribution in [3.63, 3.8) is 0 Å². The SMILES string of the molecule is O=C(COC(=O)C1(c2ccccc2)CC1)Nc1ccc(OC(F)F)c(Cl)c1. The monoisotopic (exact) mass is 395 g/mol. The third kappa shape index (κ3) is 4.54. The second kappa shape index (κ2) is 7.92. The summed E-state index contributed by atoms with van der Waals surface area (Å²) in [6.07, 6.45) is 1.36. The van der Waals surface area contributed by atoms with Crippen molar-refractivity contribution >= 4 is 29.2 Å². The van der Waals surface area contributed by atoms with Crippen molar-refractivity contribution in [2.45, 2.75) is 24.9 Å². The summed E-state index contributed by atoms with van der Waals surface area (Å²) >= 11 is 5.83. The predicted octanol–water partition coefficient (Wildman–Crippen LogP) is 4.15. The van der Waals surface area contributed by atoms with Gasteiger partial charge < -0.3 is 14.8 Å². The van der Waals surface area contributed by atoms with E-state index in [-0.39, 0.29) is 16.5 Å². The molecule has 0 radical (unpaired) electrons. The Balaban J connectivity index is 1.54. The Kier molecular flexibility index (Phi) is 5.60. The van der Waals surface area contributed by atoms with Crippen molar-refractivity contribution in [3.05, 3.63) is 59.1 Å².